The lowest BCUT2D eigenvalue weighted by atomic mass is 9.34. The molecular formula is C45H78N2O5. The Hall–Kier alpha value is -1.18. The predicted octanol–water partition coefficient (Wildman–Crippen LogP) is 8.96. The predicted molar refractivity (Wildman–Crippen MR) is 209 cm³/mol. The number of aliphatic hydroxyl groups is 1. The van der Waals surface area contributed by atoms with Gasteiger partial charge in [0.05, 0.1) is 18.4 Å². The lowest BCUT2D eigenvalue weighted by Gasteiger charge is -2.71. The van der Waals surface area contributed by atoms with Gasteiger partial charge in [-0.25, -0.2) is 0 Å². The van der Waals surface area contributed by atoms with Crippen molar-refractivity contribution in [3.8, 4) is 0 Å². The zero-order chi connectivity index (χ0) is 36.3. The van der Waals surface area contributed by atoms with Gasteiger partial charge in [0, 0.05) is 24.7 Å². The zero-order valence-electron chi connectivity index (χ0n) is 33.3. The minimum Gasteiger partial charge on any atom is -0.481 e. The van der Waals surface area contributed by atoms with E-state index < -0.39 is 11.9 Å². The molecule has 1 saturated heterocycles. The molecule has 8 aliphatic rings. The number of hydrogen-bond donors (Lipinski definition) is 3. The Morgan fingerprint density at radius 1 is 0.769 bits per heavy atom. The van der Waals surface area contributed by atoms with Crippen LogP contribution in [-0.2, 0) is 14.3 Å². The van der Waals surface area contributed by atoms with Crippen LogP contribution in [0.25, 0.3) is 0 Å². The molecule has 0 bridgehead atoms. The Morgan fingerprint density at radius 3 is 2.19 bits per heavy atom. The van der Waals surface area contributed by atoms with E-state index in [1.54, 1.807) is 0 Å². The van der Waals surface area contributed by atoms with Crippen molar-refractivity contribution >= 4 is 11.9 Å². The van der Waals surface area contributed by atoms with Gasteiger partial charge in [-0.2, -0.15) is 0 Å². The summed E-state index contributed by atoms with van der Waals surface area (Å²) in [5.41, 5.74) is 1.29. The summed E-state index contributed by atoms with van der Waals surface area (Å²) < 4.78 is 6.25. The van der Waals surface area contributed by atoms with Gasteiger partial charge in [0.2, 0.25) is 0 Å². The molecule has 52 heavy (non-hydrogen) atoms. The van der Waals surface area contributed by atoms with Crippen LogP contribution in [0.1, 0.15) is 158 Å². The first kappa shape index (κ1) is 40.5. The molecule has 8 rings (SSSR count). The van der Waals surface area contributed by atoms with E-state index in [0.29, 0.717) is 53.2 Å². The number of rotatable bonds is 8. The van der Waals surface area contributed by atoms with E-state index in [2.05, 4.69) is 44.8 Å². The summed E-state index contributed by atoms with van der Waals surface area (Å²) in [6, 6.07) is 0.353. The van der Waals surface area contributed by atoms with E-state index in [4.69, 9.17) is 4.74 Å². The summed E-state index contributed by atoms with van der Waals surface area (Å²) in [5, 5.41) is 23.6. The number of esters is 1. The first-order valence-electron chi connectivity index (χ1n) is 21.8. The summed E-state index contributed by atoms with van der Waals surface area (Å²) in [6.07, 6.45) is 21.1. The largest absolute Gasteiger partial charge is 0.481 e. The Labute approximate surface area is 317 Å². The molecule has 298 valence electrons. The van der Waals surface area contributed by atoms with Crippen LogP contribution < -0.4 is 5.32 Å². The summed E-state index contributed by atoms with van der Waals surface area (Å²) in [7, 11) is 0. The minimum absolute atomic E-state index is 0. The molecule has 3 N–H and O–H groups in total. The molecule has 0 aromatic heterocycles. The van der Waals surface area contributed by atoms with Crippen molar-refractivity contribution < 1.29 is 24.5 Å². The Balaban J connectivity index is 0.000000870. The topological polar surface area (TPSA) is 99.1 Å². The van der Waals surface area contributed by atoms with E-state index in [0.717, 1.165) is 56.7 Å². The number of hydrogen-bond acceptors (Lipinski definition) is 6. The number of nitrogens with one attached hydrogen (secondary N) is 1. The van der Waals surface area contributed by atoms with Gasteiger partial charge < -0.3 is 20.3 Å². The smallest absolute Gasteiger partial charge is 0.309 e. The van der Waals surface area contributed by atoms with Crippen LogP contribution in [0.5, 0.6) is 0 Å². The third-order valence-corrected chi connectivity index (χ3v) is 18.3. The van der Waals surface area contributed by atoms with Crippen molar-refractivity contribution in [3.63, 3.8) is 0 Å². The maximum atomic E-state index is 13.2. The van der Waals surface area contributed by atoms with Crippen LogP contribution in [0.3, 0.4) is 0 Å². The highest BCUT2D eigenvalue weighted by Crippen LogP contribution is 2.75. The van der Waals surface area contributed by atoms with Crippen LogP contribution in [0.15, 0.2) is 0 Å². The van der Waals surface area contributed by atoms with Crippen LogP contribution >= 0.6 is 0 Å². The van der Waals surface area contributed by atoms with Gasteiger partial charge in [-0.3, -0.25) is 14.5 Å². The number of carbonyl (C=O) groups excluding carboxylic acids is 1. The van der Waals surface area contributed by atoms with E-state index in [1.165, 1.54) is 83.5 Å². The summed E-state index contributed by atoms with van der Waals surface area (Å²) >= 11 is 0. The highest BCUT2D eigenvalue weighted by Gasteiger charge is 2.69. The van der Waals surface area contributed by atoms with Crippen LogP contribution in [0.4, 0.5) is 0 Å². The van der Waals surface area contributed by atoms with Crippen molar-refractivity contribution in [3.05, 3.63) is 0 Å². The molecular weight excluding hydrogens is 649 g/mol. The number of ether oxygens (including phenoxy) is 1. The standard InChI is InChI=1S/C40H66N2O5.C4H8.CH4/c1-25-28(35(44)45)23-29(25)36(46)47-33-14-16-37(3)30(26(33)2)13-17-39(5)34(37)12-11-31-32-10-8-15-40(32,19-18-38(31,39)4)41-20-22-42-21-7-6-9-27(42)24-43;1-4-2-3-4;/h25-34,41,43H,6-24H2,1-5H3,(H,44,45);4H,2-3H2,1H3;1H4/t25?,26?,27?,28?,29?,30?,31?,32-,33?,34?,37?,38-,39?,40?;;/m1../s1. The fraction of sp³-hybridized carbons (Fsp3) is 0.956. The van der Waals surface area contributed by atoms with Crippen molar-refractivity contribution in [2.24, 2.45) is 69.5 Å². The fourth-order valence-electron chi connectivity index (χ4n) is 14.5. The number of carbonyl (C=O) groups is 2. The van der Waals surface area contributed by atoms with Gasteiger partial charge in [-0.15, -0.1) is 0 Å². The average molecular weight is 727 g/mol. The molecule has 12 unspecified atom stereocenters. The normalized spacial score (nSPS) is 48.2. The van der Waals surface area contributed by atoms with Crippen LogP contribution in [0.2, 0.25) is 0 Å². The highest BCUT2D eigenvalue weighted by molar-refractivity contribution is 5.80. The third kappa shape index (κ3) is 6.83. The molecule has 7 aliphatic carbocycles. The molecule has 7 saturated carbocycles. The maximum Gasteiger partial charge on any atom is 0.309 e. The minimum atomic E-state index is -0.783. The molecule has 14 atom stereocenters. The Bertz CT molecular complexity index is 1270. The zero-order valence-corrected chi connectivity index (χ0v) is 33.3. The second kappa shape index (κ2) is 15.4. The van der Waals surface area contributed by atoms with E-state index in [-0.39, 0.29) is 36.8 Å². The number of carboxylic acids is 1. The summed E-state index contributed by atoms with van der Waals surface area (Å²) in [4.78, 5) is 27.2. The number of aliphatic hydroxyl groups excluding tert-OH is 1. The molecule has 0 spiro atoms. The number of fused-ring (bicyclic) bond motifs is 7. The lowest BCUT2D eigenvalue weighted by Crippen LogP contribution is -2.67. The molecule has 0 amide bonds. The van der Waals surface area contributed by atoms with E-state index in [1.807, 2.05) is 6.92 Å². The SMILES string of the molecule is C.CC1C(C(=O)O)CC1C(=O)OC1CCC2(C)C(CCC3(C)C2CCC2[C@H]4CCCC4(NCCN4CCCCC4CO)CC[C@]23C)C1C.CC1CC1. The number of aliphatic carboxylic acids is 1. The van der Waals surface area contributed by atoms with E-state index >= 15 is 0 Å². The highest BCUT2D eigenvalue weighted by atomic mass is 16.5. The maximum absolute atomic E-state index is 13.2. The molecule has 7 heteroatoms. The number of piperidine rings is 1. The van der Waals surface area contributed by atoms with Crippen LogP contribution in [0, 0.1) is 69.5 Å². The fourth-order valence-corrected chi connectivity index (χ4v) is 14.5. The summed E-state index contributed by atoms with van der Waals surface area (Å²) in [6.45, 7) is 18.1. The molecule has 7 nitrogen and oxygen atoms in total. The molecule has 0 aromatic carbocycles. The first-order chi connectivity index (χ1) is 24.3. The molecule has 1 heterocycles. The average Bonchev–Trinajstić information content (AvgIpc) is 3.77. The Kier molecular flexibility index (Phi) is 12.0. The monoisotopic (exact) mass is 727 g/mol. The molecule has 8 fully saturated rings. The van der Waals surface area contributed by atoms with Gasteiger partial charge in [0.25, 0.3) is 0 Å². The van der Waals surface area contributed by atoms with Crippen molar-refractivity contribution in [1.29, 1.82) is 0 Å². The molecule has 1 aliphatic heterocycles. The number of likely N-dealkylation sites (tertiary alicyclic amines) is 1. The van der Waals surface area contributed by atoms with Gasteiger partial charge in [-0.05, 0) is 148 Å². The van der Waals surface area contributed by atoms with Crippen molar-refractivity contribution in [2.75, 3.05) is 26.2 Å². The number of nitrogens with zero attached hydrogens (tertiary/aromatic N) is 1. The van der Waals surface area contributed by atoms with Crippen LogP contribution in [-0.4, -0.2) is 71.0 Å². The lowest BCUT2D eigenvalue weighted by molar-refractivity contribution is -0.231. The third-order valence-electron chi connectivity index (χ3n) is 18.3. The number of carboxylic acid groups (broad SMARTS) is 1. The van der Waals surface area contributed by atoms with Gasteiger partial charge in [0.1, 0.15) is 6.10 Å². The Morgan fingerprint density at radius 2 is 1.52 bits per heavy atom. The van der Waals surface area contributed by atoms with Crippen molar-refractivity contribution in [2.45, 2.75) is 176 Å². The quantitative estimate of drug-likeness (QED) is 0.215. The molecule has 0 aromatic rings. The van der Waals surface area contributed by atoms with E-state index in [9.17, 15) is 19.8 Å². The van der Waals surface area contributed by atoms with Crippen molar-refractivity contribution in [1.82, 2.24) is 10.2 Å². The second-order valence-electron chi connectivity index (χ2n) is 20.4. The van der Waals surface area contributed by atoms with Gasteiger partial charge >= 0.3 is 11.9 Å². The first-order valence-corrected chi connectivity index (χ1v) is 21.8. The van der Waals surface area contributed by atoms with Gasteiger partial charge in [0.15, 0.2) is 0 Å². The van der Waals surface area contributed by atoms with Gasteiger partial charge in [-0.1, -0.05) is 74.7 Å². The molecule has 0 radical (unpaired) electrons. The second-order valence-corrected chi connectivity index (χ2v) is 20.4. The summed E-state index contributed by atoms with van der Waals surface area (Å²) in [5.74, 6) is 2.57.